The van der Waals surface area contributed by atoms with Crippen molar-refractivity contribution in [2.75, 3.05) is 38.2 Å². The first-order valence-electron chi connectivity index (χ1n) is 9.64. The smallest absolute Gasteiger partial charge is 0.271 e. The van der Waals surface area contributed by atoms with Gasteiger partial charge in [0.2, 0.25) is 10.0 Å². The number of ether oxygens (including phenoxy) is 1. The SMILES string of the molecule is COc1ccc(Cl)cc1S(=O)(=O)N1CCN(c2ccc(=O)n(-c3ccccc3)n2)CC1. The quantitative estimate of drug-likeness (QED) is 0.581. The average molecular weight is 461 g/mol. The third kappa shape index (κ3) is 4.30. The number of rotatable bonds is 5. The fourth-order valence-corrected chi connectivity index (χ4v) is 5.31. The number of piperazine rings is 1. The lowest BCUT2D eigenvalue weighted by Gasteiger charge is -2.34. The normalized spacial score (nSPS) is 15.1. The van der Waals surface area contributed by atoms with E-state index < -0.39 is 10.0 Å². The molecule has 1 fully saturated rings. The van der Waals surface area contributed by atoms with E-state index in [-0.39, 0.29) is 29.3 Å². The van der Waals surface area contributed by atoms with Crippen molar-refractivity contribution < 1.29 is 13.2 Å². The minimum atomic E-state index is -3.77. The maximum absolute atomic E-state index is 13.2. The van der Waals surface area contributed by atoms with Crippen LogP contribution in [0.25, 0.3) is 5.69 Å². The number of halogens is 1. The molecule has 0 aliphatic carbocycles. The zero-order chi connectivity index (χ0) is 22.0. The van der Waals surface area contributed by atoms with Crippen LogP contribution in [0.1, 0.15) is 0 Å². The molecule has 3 aromatic rings. The molecule has 0 unspecified atom stereocenters. The molecule has 0 amide bonds. The average Bonchev–Trinajstić information content (AvgIpc) is 2.80. The molecule has 0 spiro atoms. The summed E-state index contributed by atoms with van der Waals surface area (Å²) < 4.78 is 34.3. The van der Waals surface area contributed by atoms with Crippen LogP contribution in [0.5, 0.6) is 5.75 Å². The summed E-state index contributed by atoms with van der Waals surface area (Å²) in [4.78, 5) is 14.3. The molecular formula is C21H21ClN4O4S. The fourth-order valence-electron chi connectivity index (χ4n) is 3.47. The first-order valence-corrected chi connectivity index (χ1v) is 11.5. The number of aromatic nitrogens is 2. The lowest BCUT2D eigenvalue weighted by molar-refractivity contribution is 0.373. The number of para-hydroxylation sites is 1. The van der Waals surface area contributed by atoms with Crippen molar-refractivity contribution in [3.63, 3.8) is 0 Å². The number of benzene rings is 2. The third-order valence-electron chi connectivity index (χ3n) is 5.09. The molecule has 1 aromatic heterocycles. The zero-order valence-electron chi connectivity index (χ0n) is 16.8. The molecule has 10 heteroatoms. The summed E-state index contributed by atoms with van der Waals surface area (Å²) in [6.07, 6.45) is 0. The second-order valence-electron chi connectivity index (χ2n) is 6.96. The van der Waals surface area contributed by atoms with E-state index >= 15 is 0 Å². The highest BCUT2D eigenvalue weighted by atomic mass is 35.5. The van der Waals surface area contributed by atoms with Gasteiger partial charge in [-0.15, -0.1) is 5.10 Å². The van der Waals surface area contributed by atoms with Crippen molar-refractivity contribution in [1.29, 1.82) is 0 Å². The Morgan fingerprint density at radius 1 is 0.968 bits per heavy atom. The van der Waals surface area contributed by atoms with Crippen LogP contribution in [0.4, 0.5) is 5.82 Å². The van der Waals surface area contributed by atoms with Crippen molar-refractivity contribution >= 4 is 27.4 Å². The summed E-state index contributed by atoms with van der Waals surface area (Å²) in [5.41, 5.74) is 0.438. The van der Waals surface area contributed by atoms with Crippen molar-refractivity contribution in [2.45, 2.75) is 4.90 Å². The standard InChI is InChI=1S/C21H21ClN4O4S/c1-30-18-8-7-16(22)15-19(18)31(28,29)25-13-11-24(12-14-25)20-9-10-21(27)26(23-20)17-5-3-2-4-6-17/h2-10,15H,11-14H2,1H3. The van der Waals surface area contributed by atoms with Crippen LogP contribution in [0, 0.1) is 0 Å². The van der Waals surface area contributed by atoms with Crippen LogP contribution >= 0.6 is 11.6 Å². The van der Waals surface area contributed by atoms with Crippen LogP contribution in [-0.2, 0) is 10.0 Å². The molecule has 0 radical (unpaired) electrons. The molecule has 0 saturated carbocycles. The molecule has 4 rings (SSSR count). The van der Waals surface area contributed by atoms with E-state index in [2.05, 4.69) is 5.10 Å². The molecule has 1 aliphatic rings. The van der Waals surface area contributed by atoms with Gasteiger partial charge in [0, 0.05) is 37.3 Å². The van der Waals surface area contributed by atoms with Crippen LogP contribution < -0.4 is 15.2 Å². The number of hydrogen-bond acceptors (Lipinski definition) is 6. The van der Waals surface area contributed by atoms with Gasteiger partial charge in [-0.3, -0.25) is 4.79 Å². The second kappa shape index (κ2) is 8.70. The second-order valence-corrected chi connectivity index (χ2v) is 9.31. The van der Waals surface area contributed by atoms with Gasteiger partial charge < -0.3 is 9.64 Å². The summed E-state index contributed by atoms with van der Waals surface area (Å²) in [6, 6.07) is 16.8. The Kier molecular flexibility index (Phi) is 5.99. The third-order valence-corrected chi connectivity index (χ3v) is 7.25. The van der Waals surface area contributed by atoms with Gasteiger partial charge in [-0.25, -0.2) is 8.42 Å². The summed E-state index contributed by atoms with van der Waals surface area (Å²) in [7, 11) is -2.35. The Morgan fingerprint density at radius 3 is 2.35 bits per heavy atom. The number of sulfonamides is 1. The molecule has 2 heterocycles. The van der Waals surface area contributed by atoms with E-state index in [0.717, 1.165) is 0 Å². The summed E-state index contributed by atoms with van der Waals surface area (Å²) >= 11 is 6.02. The van der Waals surface area contributed by atoms with Gasteiger partial charge >= 0.3 is 0 Å². The highest BCUT2D eigenvalue weighted by Gasteiger charge is 2.31. The predicted molar refractivity (Wildman–Crippen MR) is 119 cm³/mol. The minimum Gasteiger partial charge on any atom is -0.495 e. The molecule has 162 valence electrons. The predicted octanol–water partition coefficient (Wildman–Crippen LogP) is 2.41. The van der Waals surface area contributed by atoms with Crippen molar-refractivity contribution in [1.82, 2.24) is 14.1 Å². The summed E-state index contributed by atoms with van der Waals surface area (Å²) in [6.45, 7) is 1.40. The topological polar surface area (TPSA) is 84.7 Å². The van der Waals surface area contributed by atoms with E-state index in [9.17, 15) is 13.2 Å². The molecular weight excluding hydrogens is 440 g/mol. The molecule has 1 saturated heterocycles. The van der Waals surface area contributed by atoms with E-state index in [0.29, 0.717) is 29.6 Å². The van der Waals surface area contributed by atoms with Gasteiger partial charge in [0.15, 0.2) is 0 Å². The minimum absolute atomic E-state index is 0.0479. The van der Waals surface area contributed by atoms with Crippen molar-refractivity contribution in [3.8, 4) is 11.4 Å². The zero-order valence-corrected chi connectivity index (χ0v) is 18.4. The highest BCUT2D eigenvalue weighted by molar-refractivity contribution is 7.89. The maximum atomic E-state index is 13.2. The molecule has 0 N–H and O–H groups in total. The first-order chi connectivity index (χ1) is 14.9. The van der Waals surface area contributed by atoms with Crippen LogP contribution in [-0.4, -0.2) is 55.8 Å². The maximum Gasteiger partial charge on any atom is 0.271 e. The Morgan fingerprint density at radius 2 is 1.68 bits per heavy atom. The van der Waals surface area contributed by atoms with E-state index in [1.807, 2.05) is 23.1 Å². The van der Waals surface area contributed by atoms with Gasteiger partial charge in [0.05, 0.1) is 12.8 Å². The van der Waals surface area contributed by atoms with E-state index in [1.54, 1.807) is 30.3 Å². The number of nitrogens with zero attached hydrogens (tertiary/aromatic N) is 4. The van der Waals surface area contributed by atoms with Crippen molar-refractivity contribution in [2.24, 2.45) is 0 Å². The lowest BCUT2D eigenvalue weighted by Crippen LogP contribution is -2.49. The fraction of sp³-hybridized carbons (Fsp3) is 0.238. The Bertz CT molecular complexity index is 1240. The van der Waals surface area contributed by atoms with Gasteiger partial charge in [-0.1, -0.05) is 29.8 Å². The van der Waals surface area contributed by atoms with Gasteiger partial charge in [-0.05, 0) is 36.4 Å². The van der Waals surface area contributed by atoms with Crippen LogP contribution in [0.3, 0.4) is 0 Å². The van der Waals surface area contributed by atoms with Crippen LogP contribution in [0.15, 0.2) is 70.4 Å². The number of anilines is 1. The molecule has 0 atom stereocenters. The lowest BCUT2D eigenvalue weighted by atomic mass is 10.3. The van der Waals surface area contributed by atoms with E-state index in [4.69, 9.17) is 16.3 Å². The van der Waals surface area contributed by atoms with Crippen molar-refractivity contribution in [3.05, 3.63) is 76.0 Å². The highest BCUT2D eigenvalue weighted by Crippen LogP contribution is 2.30. The van der Waals surface area contributed by atoms with Gasteiger partial charge in [0.1, 0.15) is 16.5 Å². The Balaban J connectivity index is 1.54. The van der Waals surface area contributed by atoms with Gasteiger partial charge in [-0.2, -0.15) is 8.99 Å². The van der Waals surface area contributed by atoms with Crippen LogP contribution in [0.2, 0.25) is 5.02 Å². The first kappa shape index (κ1) is 21.4. The Hall–Kier alpha value is -2.88. The molecule has 8 nitrogen and oxygen atoms in total. The number of hydrogen-bond donors (Lipinski definition) is 0. The summed E-state index contributed by atoms with van der Waals surface area (Å²) in [5, 5.41) is 4.80. The largest absolute Gasteiger partial charge is 0.495 e. The number of methoxy groups -OCH3 is 1. The molecule has 31 heavy (non-hydrogen) atoms. The van der Waals surface area contributed by atoms with Gasteiger partial charge in [0.25, 0.3) is 5.56 Å². The molecule has 1 aliphatic heterocycles. The summed E-state index contributed by atoms with van der Waals surface area (Å²) in [5.74, 6) is 0.865. The molecule has 2 aromatic carbocycles. The Labute approximate surface area is 185 Å². The molecule has 0 bridgehead atoms. The monoisotopic (exact) mass is 460 g/mol. The van der Waals surface area contributed by atoms with E-state index in [1.165, 1.54) is 28.2 Å².